The lowest BCUT2D eigenvalue weighted by Gasteiger charge is -2.19. The first-order chi connectivity index (χ1) is 9.25. The number of allylic oxidation sites excluding steroid dienone is 2. The quantitative estimate of drug-likeness (QED) is 0.548. The van der Waals surface area contributed by atoms with Crippen molar-refractivity contribution < 1.29 is 14.5 Å². The Kier molecular flexibility index (Phi) is 2.56. The summed E-state index contributed by atoms with van der Waals surface area (Å²) < 4.78 is 0. The van der Waals surface area contributed by atoms with Crippen LogP contribution < -0.4 is 4.90 Å². The average Bonchev–Trinajstić information content (AvgIpc) is 3.14. The van der Waals surface area contributed by atoms with Crippen LogP contribution in [0.25, 0.3) is 0 Å². The number of hydrogen-bond acceptors (Lipinski definition) is 2. The molecule has 102 valence electrons. The van der Waals surface area contributed by atoms with Crippen LogP contribution in [0.4, 0.5) is 0 Å². The SMILES string of the molecule is O=C1[C@@H]2[C@@H](C(=O)N1CC[NH+]1CCCC1)[C@@H]1C=C[C@@H]2C1. The van der Waals surface area contributed by atoms with Crippen molar-refractivity contribution in [2.75, 3.05) is 26.2 Å². The van der Waals surface area contributed by atoms with Crippen LogP contribution >= 0.6 is 0 Å². The summed E-state index contributed by atoms with van der Waals surface area (Å²) in [6, 6.07) is 0. The number of carbonyl (C=O) groups is 2. The Balaban J connectivity index is 1.46. The summed E-state index contributed by atoms with van der Waals surface area (Å²) in [5.41, 5.74) is 0. The smallest absolute Gasteiger partial charge is 0.233 e. The van der Waals surface area contributed by atoms with Crippen molar-refractivity contribution in [2.45, 2.75) is 19.3 Å². The molecule has 0 aromatic rings. The van der Waals surface area contributed by atoms with E-state index in [0.717, 1.165) is 13.0 Å². The normalized spacial score (nSPS) is 40.7. The van der Waals surface area contributed by atoms with Crippen molar-refractivity contribution in [3.63, 3.8) is 0 Å². The number of nitrogens with zero attached hydrogens (tertiary/aromatic N) is 1. The topological polar surface area (TPSA) is 41.8 Å². The molecule has 2 amide bonds. The second-order valence-corrected chi connectivity index (χ2v) is 6.54. The van der Waals surface area contributed by atoms with Crippen LogP contribution in [0.5, 0.6) is 0 Å². The molecule has 1 saturated carbocycles. The van der Waals surface area contributed by atoms with Crippen molar-refractivity contribution in [3.05, 3.63) is 12.2 Å². The third kappa shape index (κ3) is 1.62. The molecule has 2 bridgehead atoms. The summed E-state index contributed by atoms with van der Waals surface area (Å²) in [6.45, 7) is 3.99. The van der Waals surface area contributed by atoms with Gasteiger partial charge in [0.2, 0.25) is 11.8 Å². The Bertz CT molecular complexity index is 423. The summed E-state index contributed by atoms with van der Waals surface area (Å²) in [5.74, 6) is 0.884. The van der Waals surface area contributed by atoms with E-state index in [0.29, 0.717) is 18.4 Å². The molecule has 2 aliphatic heterocycles. The fraction of sp³-hybridized carbons (Fsp3) is 0.733. The lowest BCUT2D eigenvalue weighted by molar-refractivity contribution is -0.886. The zero-order valence-electron chi connectivity index (χ0n) is 11.2. The van der Waals surface area contributed by atoms with Gasteiger partial charge in [-0.15, -0.1) is 0 Å². The Morgan fingerprint density at radius 1 is 1.05 bits per heavy atom. The van der Waals surface area contributed by atoms with E-state index in [9.17, 15) is 9.59 Å². The van der Waals surface area contributed by atoms with Gasteiger partial charge in [0, 0.05) is 12.8 Å². The number of rotatable bonds is 3. The highest BCUT2D eigenvalue weighted by Gasteiger charge is 2.59. The molecule has 2 saturated heterocycles. The standard InChI is InChI=1S/C15H20N2O2/c18-14-12-10-3-4-11(9-10)13(12)15(19)17(14)8-7-16-5-1-2-6-16/h3-4,10-13H,1-2,5-9H2/p+1/t10-,11-,12+,13+/m1/s1. The van der Waals surface area contributed by atoms with Gasteiger partial charge in [-0.05, 0) is 18.3 Å². The van der Waals surface area contributed by atoms with Crippen molar-refractivity contribution in [3.8, 4) is 0 Å². The number of quaternary nitrogens is 1. The van der Waals surface area contributed by atoms with E-state index in [1.165, 1.54) is 25.9 Å². The number of carbonyl (C=O) groups excluding carboxylic acids is 2. The summed E-state index contributed by atoms with van der Waals surface area (Å²) >= 11 is 0. The van der Waals surface area contributed by atoms with Crippen LogP contribution in [-0.4, -0.2) is 42.9 Å². The van der Waals surface area contributed by atoms with Crippen LogP contribution in [0.15, 0.2) is 12.2 Å². The molecule has 3 fully saturated rings. The van der Waals surface area contributed by atoms with Gasteiger partial charge in [0.15, 0.2) is 0 Å². The number of nitrogens with one attached hydrogen (secondary N) is 1. The summed E-state index contributed by atoms with van der Waals surface area (Å²) in [6.07, 6.45) is 7.92. The third-order valence-electron chi connectivity index (χ3n) is 5.56. The number of amides is 2. The van der Waals surface area contributed by atoms with Crippen molar-refractivity contribution >= 4 is 11.8 Å². The van der Waals surface area contributed by atoms with E-state index < -0.39 is 0 Å². The largest absolute Gasteiger partial charge is 0.333 e. The second-order valence-electron chi connectivity index (χ2n) is 6.54. The highest BCUT2D eigenvalue weighted by Crippen LogP contribution is 2.52. The molecule has 4 heteroatoms. The van der Waals surface area contributed by atoms with Gasteiger partial charge in [0.05, 0.1) is 38.0 Å². The second kappa shape index (κ2) is 4.17. The molecule has 0 radical (unpaired) electrons. The van der Waals surface area contributed by atoms with Gasteiger partial charge in [-0.3, -0.25) is 14.5 Å². The van der Waals surface area contributed by atoms with E-state index in [4.69, 9.17) is 0 Å². The minimum Gasteiger partial charge on any atom is -0.333 e. The predicted octanol–water partition coefficient (Wildman–Crippen LogP) is -0.528. The maximum Gasteiger partial charge on any atom is 0.233 e. The molecule has 2 aliphatic carbocycles. The molecule has 2 heterocycles. The minimum absolute atomic E-state index is 0.0175. The third-order valence-corrected chi connectivity index (χ3v) is 5.56. The predicted molar refractivity (Wildman–Crippen MR) is 69.2 cm³/mol. The van der Waals surface area contributed by atoms with Crippen molar-refractivity contribution in [2.24, 2.45) is 23.7 Å². The van der Waals surface area contributed by atoms with Gasteiger partial charge in [0.1, 0.15) is 0 Å². The van der Waals surface area contributed by atoms with Crippen LogP contribution in [0.1, 0.15) is 19.3 Å². The molecular formula is C15H21N2O2+. The molecule has 0 spiro atoms. The van der Waals surface area contributed by atoms with Gasteiger partial charge >= 0.3 is 0 Å². The molecule has 0 unspecified atom stereocenters. The van der Waals surface area contributed by atoms with E-state index in [1.54, 1.807) is 9.80 Å². The Morgan fingerprint density at radius 3 is 2.21 bits per heavy atom. The van der Waals surface area contributed by atoms with Gasteiger partial charge in [0.25, 0.3) is 0 Å². The molecule has 1 N–H and O–H groups in total. The van der Waals surface area contributed by atoms with Gasteiger partial charge in [-0.2, -0.15) is 0 Å². The fourth-order valence-corrected chi connectivity index (χ4v) is 4.58. The Morgan fingerprint density at radius 2 is 1.63 bits per heavy atom. The first-order valence-electron chi connectivity index (χ1n) is 7.63. The first-order valence-corrected chi connectivity index (χ1v) is 7.63. The van der Waals surface area contributed by atoms with Crippen molar-refractivity contribution in [1.29, 1.82) is 0 Å². The summed E-state index contributed by atoms with van der Waals surface area (Å²) in [4.78, 5) is 28.0. The molecular weight excluding hydrogens is 240 g/mol. The number of fused-ring (bicyclic) bond motifs is 5. The minimum atomic E-state index is -0.0175. The first kappa shape index (κ1) is 11.6. The van der Waals surface area contributed by atoms with Crippen molar-refractivity contribution in [1.82, 2.24) is 4.90 Å². The fourth-order valence-electron chi connectivity index (χ4n) is 4.58. The van der Waals surface area contributed by atoms with Crippen LogP contribution in [-0.2, 0) is 9.59 Å². The zero-order chi connectivity index (χ0) is 13.0. The van der Waals surface area contributed by atoms with Gasteiger partial charge in [-0.1, -0.05) is 12.2 Å². The molecule has 0 aromatic carbocycles. The Hall–Kier alpha value is -1.16. The lowest BCUT2D eigenvalue weighted by atomic mass is 9.85. The molecule has 4 atom stereocenters. The van der Waals surface area contributed by atoms with E-state index in [2.05, 4.69) is 12.2 Å². The molecule has 0 aromatic heterocycles. The van der Waals surface area contributed by atoms with Gasteiger partial charge < -0.3 is 4.90 Å². The van der Waals surface area contributed by atoms with Crippen LogP contribution in [0, 0.1) is 23.7 Å². The monoisotopic (exact) mass is 261 g/mol. The maximum absolute atomic E-state index is 12.5. The van der Waals surface area contributed by atoms with Gasteiger partial charge in [-0.25, -0.2) is 0 Å². The molecule has 4 nitrogen and oxygen atoms in total. The lowest BCUT2D eigenvalue weighted by Crippen LogP contribution is -3.10. The number of likely N-dealkylation sites (tertiary alicyclic amines) is 2. The number of imide groups is 1. The number of hydrogen-bond donors (Lipinski definition) is 1. The zero-order valence-corrected chi connectivity index (χ0v) is 11.2. The highest BCUT2D eigenvalue weighted by atomic mass is 16.2. The highest BCUT2D eigenvalue weighted by molar-refractivity contribution is 6.06. The van der Waals surface area contributed by atoms with E-state index in [1.807, 2.05) is 0 Å². The molecule has 4 aliphatic rings. The average molecular weight is 261 g/mol. The summed E-state index contributed by atoms with van der Waals surface area (Å²) in [7, 11) is 0. The Labute approximate surface area is 113 Å². The molecule has 19 heavy (non-hydrogen) atoms. The van der Waals surface area contributed by atoms with E-state index in [-0.39, 0.29) is 23.7 Å². The van der Waals surface area contributed by atoms with Crippen LogP contribution in [0.2, 0.25) is 0 Å². The molecule has 4 rings (SSSR count). The maximum atomic E-state index is 12.5. The van der Waals surface area contributed by atoms with E-state index >= 15 is 0 Å². The van der Waals surface area contributed by atoms with Crippen LogP contribution in [0.3, 0.4) is 0 Å². The summed E-state index contributed by atoms with van der Waals surface area (Å²) in [5, 5.41) is 0.